The third-order valence-corrected chi connectivity index (χ3v) is 0.651. The molecule has 2 N–H and O–H groups in total. The van der Waals surface area contributed by atoms with Crippen LogP contribution in [0.25, 0.3) is 4.98 Å². The Hall–Kier alpha value is -1.35. The number of aliphatic imine (C=N–C) groups is 1. The van der Waals surface area contributed by atoms with Gasteiger partial charge in [-0.1, -0.05) is 5.11 Å². The molecule has 40 valence electrons. The van der Waals surface area contributed by atoms with Crippen molar-refractivity contribution in [1.29, 1.82) is 5.39 Å². The van der Waals surface area contributed by atoms with Crippen LogP contribution in [-0.2, 0) is 0 Å². The van der Waals surface area contributed by atoms with Crippen molar-refractivity contribution in [2.45, 2.75) is 5.91 Å². The Morgan fingerprint density at radius 2 is 2.50 bits per heavy atom. The van der Waals surface area contributed by atoms with Gasteiger partial charge in [-0.3, -0.25) is 0 Å². The molecule has 0 aromatic rings. The highest BCUT2D eigenvalue weighted by Gasteiger charge is 2.40. The molecular weight excluding hydrogens is 108 g/mol. The van der Waals surface area contributed by atoms with Gasteiger partial charge in [-0.05, 0) is 0 Å². The second-order valence-electron chi connectivity index (χ2n) is 1.25. The number of hydrogen-bond donors (Lipinski definition) is 1. The van der Waals surface area contributed by atoms with Crippen LogP contribution in [0.1, 0.15) is 0 Å². The van der Waals surface area contributed by atoms with Gasteiger partial charge in [0.1, 0.15) is 6.34 Å². The number of azo groups is 1. The molecule has 0 radical (unpaired) electrons. The number of hydrogen-bond acceptors (Lipinski definition) is 5. The van der Waals surface area contributed by atoms with Gasteiger partial charge < -0.3 is 0 Å². The van der Waals surface area contributed by atoms with E-state index in [-0.39, 0.29) is 0 Å². The van der Waals surface area contributed by atoms with Crippen molar-refractivity contribution in [1.82, 2.24) is 0 Å². The lowest BCUT2D eigenvalue weighted by molar-refractivity contribution is 0.570. The molecule has 0 bridgehead atoms. The van der Waals surface area contributed by atoms with Crippen LogP contribution in [0.4, 0.5) is 0 Å². The smallest absolute Gasteiger partial charge is 0.206 e. The fourth-order valence-corrected chi connectivity index (χ4v) is 0.293. The molecule has 0 saturated heterocycles. The molecule has 0 fully saturated rings. The number of diazo groups is 1. The van der Waals surface area contributed by atoms with E-state index in [0.717, 1.165) is 6.34 Å². The number of rotatable bonds is 0. The summed E-state index contributed by atoms with van der Waals surface area (Å²) in [6, 6.07) is 0. The van der Waals surface area contributed by atoms with E-state index in [1.54, 1.807) is 0 Å². The molecule has 0 aliphatic carbocycles. The average molecular weight is 111 g/mol. The summed E-state index contributed by atoms with van der Waals surface area (Å²) in [6.45, 7) is 0. The first-order valence-corrected chi connectivity index (χ1v) is 1.88. The van der Waals surface area contributed by atoms with Gasteiger partial charge in [-0.2, -0.15) is 0 Å². The topological polar surface area (TPSA) is 91.2 Å². The lowest BCUT2D eigenvalue weighted by Gasteiger charge is -1.83. The van der Waals surface area contributed by atoms with Crippen molar-refractivity contribution in [3.05, 3.63) is 4.98 Å². The third-order valence-electron chi connectivity index (χ3n) is 0.651. The van der Waals surface area contributed by atoms with Gasteiger partial charge in [-0.15, -0.1) is 10.1 Å². The van der Waals surface area contributed by atoms with E-state index in [1.165, 1.54) is 0 Å². The molecule has 0 spiro atoms. The molecule has 6 heteroatoms. The van der Waals surface area contributed by atoms with Crippen LogP contribution >= 0.6 is 0 Å². The highest BCUT2D eigenvalue weighted by Crippen LogP contribution is 2.10. The normalized spacial score (nSPS) is 33.0. The Balaban J connectivity index is 2.89. The average Bonchev–Trinajstić information content (AvgIpc) is 2.17. The molecule has 1 heterocycles. The van der Waals surface area contributed by atoms with E-state index in [1.807, 2.05) is 0 Å². The highest BCUT2D eigenvalue weighted by atomic mass is 15.5. The summed E-state index contributed by atoms with van der Waals surface area (Å²) in [7, 11) is 0. The van der Waals surface area contributed by atoms with Crippen molar-refractivity contribution in [3.8, 4) is 0 Å². The first kappa shape index (κ1) is 4.80. The Bertz CT molecular complexity index is 171. The minimum absolute atomic E-state index is 1.12. The van der Waals surface area contributed by atoms with Crippen LogP contribution in [-0.4, -0.2) is 12.2 Å². The van der Waals surface area contributed by atoms with Gasteiger partial charge in [0.05, 0.1) is 0 Å². The lowest BCUT2D eigenvalue weighted by atomic mass is 10.7. The zero-order valence-corrected chi connectivity index (χ0v) is 3.89. The second kappa shape index (κ2) is 1.31. The molecule has 6 nitrogen and oxygen atoms in total. The molecule has 1 aliphatic heterocycles. The zero-order valence-electron chi connectivity index (χ0n) is 3.89. The van der Waals surface area contributed by atoms with Gasteiger partial charge in [0.15, 0.2) is 0 Å². The zero-order chi connectivity index (χ0) is 6.04. The molecule has 0 saturated carbocycles. The van der Waals surface area contributed by atoms with Crippen LogP contribution in [0, 0.1) is 5.39 Å². The highest BCUT2D eigenvalue weighted by molar-refractivity contribution is 5.57. The summed E-state index contributed by atoms with van der Waals surface area (Å²) in [4.78, 5) is 6.03. The predicted octanol–water partition coefficient (Wildman–Crippen LogP) is -0.0964. The number of nitrogens with zero attached hydrogens (tertiary/aromatic N) is 5. The monoisotopic (exact) mass is 111 g/mol. The molecule has 1 rings (SSSR count). The van der Waals surface area contributed by atoms with Crippen molar-refractivity contribution >= 4 is 6.34 Å². The van der Waals surface area contributed by atoms with Crippen molar-refractivity contribution < 1.29 is 0 Å². The maximum Gasteiger partial charge on any atom is 0.594 e. The summed E-state index contributed by atoms with van der Waals surface area (Å²) in [5.74, 6) is -1.56. The summed E-state index contributed by atoms with van der Waals surface area (Å²) in [6.07, 6.45) is 1.12. The van der Waals surface area contributed by atoms with Crippen LogP contribution in [0.15, 0.2) is 15.2 Å². The van der Waals surface area contributed by atoms with Gasteiger partial charge in [0.2, 0.25) is 10.4 Å². The van der Waals surface area contributed by atoms with Crippen LogP contribution in [0.3, 0.4) is 0 Å². The fraction of sp³-hybridized carbons (Fsp3) is 0.500. The second-order valence-corrected chi connectivity index (χ2v) is 1.25. The van der Waals surface area contributed by atoms with Gasteiger partial charge in [0.25, 0.3) is 0 Å². The summed E-state index contributed by atoms with van der Waals surface area (Å²) >= 11 is 0. The maximum absolute atomic E-state index is 8.06. The first-order valence-electron chi connectivity index (χ1n) is 1.88. The molecule has 1 aliphatic rings. The molecular formula is C2H3N6+. The third kappa shape index (κ3) is 0.546. The summed E-state index contributed by atoms with van der Waals surface area (Å²) < 4.78 is 0. The summed E-state index contributed by atoms with van der Waals surface area (Å²) in [5, 5.41) is 14.6. The molecule has 8 heavy (non-hydrogen) atoms. The van der Waals surface area contributed by atoms with E-state index in [2.05, 4.69) is 20.2 Å². The fourth-order valence-electron chi connectivity index (χ4n) is 0.293. The van der Waals surface area contributed by atoms with E-state index >= 15 is 0 Å². The Kier molecular flexibility index (Phi) is 0.787. The maximum atomic E-state index is 8.06. The van der Waals surface area contributed by atoms with Crippen molar-refractivity contribution in [2.24, 2.45) is 21.0 Å². The lowest BCUT2D eigenvalue weighted by Crippen LogP contribution is -2.28. The van der Waals surface area contributed by atoms with Gasteiger partial charge in [-0.25, -0.2) is 5.73 Å². The standard InChI is InChI=1S/C2H3N6/c3-2(7-4)5-1-6-8-2/h1H,3H2/q+1. The van der Waals surface area contributed by atoms with E-state index in [0.29, 0.717) is 0 Å². The Morgan fingerprint density at radius 3 is 2.75 bits per heavy atom. The minimum atomic E-state index is -1.56. The first-order chi connectivity index (χ1) is 3.77. The minimum Gasteiger partial charge on any atom is -0.206 e. The van der Waals surface area contributed by atoms with Gasteiger partial charge >= 0.3 is 5.91 Å². The molecule has 1 unspecified atom stereocenters. The number of nitrogens with two attached hydrogens (primary N) is 1. The predicted molar refractivity (Wildman–Crippen MR) is 25.4 cm³/mol. The molecule has 0 amide bonds. The molecule has 1 atom stereocenters. The molecule has 0 aromatic heterocycles. The largest absolute Gasteiger partial charge is 0.594 e. The molecule has 0 aromatic carbocycles. The van der Waals surface area contributed by atoms with Crippen LogP contribution in [0.2, 0.25) is 0 Å². The van der Waals surface area contributed by atoms with Crippen LogP contribution in [0.5, 0.6) is 0 Å². The van der Waals surface area contributed by atoms with Crippen LogP contribution < -0.4 is 5.73 Å². The quantitative estimate of drug-likeness (QED) is 0.442. The van der Waals surface area contributed by atoms with E-state index < -0.39 is 5.91 Å². The van der Waals surface area contributed by atoms with Crippen molar-refractivity contribution in [3.63, 3.8) is 0 Å². The van der Waals surface area contributed by atoms with Gasteiger partial charge in [0, 0.05) is 0 Å². The SMILES string of the molecule is N#[N+]C1(N)N=CN=N1. The Labute approximate surface area is 44.7 Å². The van der Waals surface area contributed by atoms with E-state index in [9.17, 15) is 0 Å². The van der Waals surface area contributed by atoms with E-state index in [4.69, 9.17) is 11.1 Å². The Morgan fingerprint density at radius 1 is 1.75 bits per heavy atom. The van der Waals surface area contributed by atoms with Crippen molar-refractivity contribution in [2.75, 3.05) is 0 Å². The summed E-state index contributed by atoms with van der Waals surface area (Å²) in [5.41, 5.74) is 5.08.